The number of aromatic nitrogens is 1. The average Bonchev–Trinajstić information content (AvgIpc) is 2.70. The molecule has 0 fully saturated rings. The first-order valence-corrected chi connectivity index (χ1v) is 9.31. The van der Waals surface area contributed by atoms with Crippen LogP contribution >= 0.6 is 0 Å². The number of pyridine rings is 1. The van der Waals surface area contributed by atoms with Gasteiger partial charge in [0.1, 0.15) is 0 Å². The standard InChI is InChI=1S/C24H26N2O/c1-18-6-10-20(11-7-18)15-23(16-21-12-8-19(2)9-13-21)26(3)24(27)22-5-4-14-25-17-22/h4-14,17,23H,15-16H2,1-3H3. The van der Waals surface area contributed by atoms with Crippen molar-refractivity contribution in [3.8, 4) is 0 Å². The maximum Gasteiger partial charge on any atom is 0.255 e. The van der Waals surface area contributed by atoms with E-state index >= 15 is 0 Å². The Morgan fingerprint density at radius 1 is 0.889 bits per heavy atom. The van der Waals surface area contributed by atoms with Gasteiger partial charge in [0.2, 0.25) is 0 Å². The molecule has 0 radical (unpaired) electrons. The molecule has 2 aromatic carbocycles. The zero-order valence-electron chi connectivity index (χ0n) is 16.2. The SMILES string of the molecule is Cc1ccc(CC(Cc2ccc(C)cc2)N(C)C(=O)c2cccnc2)cc1. The lowest BCUT2D eigenvalue weighted by Gasteiger charge is -2.29. The molecule has 0 atom stereocenters. The van der Waals surface area contributed by atoms with Crippen molar-refractivity contribution in [2.45, 2.75) is 32.7 Å². The van der Waals surface area contributed by atoms with Gasteiger partial charge in [-0.25, -0.2) is 0 Å². The largest absolute Gasteiger partial charge is 0.338 e. The molecule has 0 spiro atoms. The molecule has 3 nitrogen and oxygen atoms in total. The van der Waals surface area contributed by atoms with Crippen LogP contribution in [0.25, 0.3) is 0 Å². The summed E-state index contributed by atoms with van der Waals surface area (Å²) in [4.78, 5) is 18.9. The first-order valence-electron chi connectivity index (χ1n) is 9.31. The molecule has 3 rings (SSSR count). The number of carbonyl (C=O) groups excluding carboxylic acids is 1. The number of rotatable bonds is 6. The molecular weight excluding hydrogens is 332 g/mol. The van der Waals surface area contributed by atoms with Crippen LogP contribution in [0.3, 0.4) is 0 Å². The minimum Gasteiger partial charge on any atom is -0.338 e. The number of benzene rings is 2. The zero-order valence-corrected chi connectivity index (χ0v) is 16.2. The van der Waals surface area contributed by atoms with E-state index in [1.54, 1.807) is 18.5 Å². The maximum absolute atomic E-state index is 13.0. The van der Waals surface area contributed by atoms with E-state index < -0.39 is 0 Å². The van der Waals surface area contributed by atoms with Crippen molar-refractivity contribution >= 4 is 5.91 Å². The second kappa shape index (κ2) is 8.63. The fourth-order valence-electron chi connectivity index (χ4n) is 3.20. The summed E-state index contributed by atoms with van der Waals surface area (Å²) in [6, 6.07) is 20.8. The van der Waals surface area contributed by atoms with Crippen molar-refractivity contribution in [3.05, 3.63) is 101 Å². The number of amides is 1. The predicted molar refractivity (Wildman–Crippen MR) is 110 cm³/mol. The Morgan fingerprint density at radius 2 is 1.41 bits per heavy atom. The van der Waals surface area contributed by atoms with Crippen LogP contribution in [0.15, 0.2) is 73.1 Å². The molecule has 0 saturated heterocycles. The second-order valence-corrected chi connectivity index (χ2v) is 7.19. The normalized spacial score (nSPS) is 10.8. The van der Waals surface area contributed by atoms with Gasteiger partial charge in [-0.3, -0.25) is 9.78 Å². The van der Waals surface area contributed by atoms with E-state index in [1.165, 1.54) is 22.3 Å². The van der Waals surface area contributed by atoms with Crippen molar-refractivity contribution in [3.63, 3.8) is 0 Å². The number of likely N-dealkylation sites (N-methyl/N-ethyl adjacent to an activating group) is 1. The van der Waals surface area contributed by atoms with E-state index in [-0.39, 0.29) is 11.9 Å². The van der Waals surface area contributed by atoms with Gasteiger partial charge in [0, 0.05) is 25.5 Å². The smallest absolute Gasteiger partial charge is 0.255 e. The van der Waals surface area contributed by atoms with Crippen molar-refractivity contribution < 1.29 is 4.79 Å². The molecule has 0 aliphatic carbocycles. The third-order valence-corrected chi connectivity index (χ3v) is 4.96. The molecule has 0 aliphatic heterocycles. The molecule has 1 aromatic heterocycles. The van der Waals surface area contributed by atoms with E-state index in [1.807, 2.05) is 18.0 Å². The number of carbonyl (C=O) groups is 1. The third kappa shape index (κ3) is 5.04. The highest BCUT2D eigenvalue weighted by molar-refractivity contribution is 5.93. The highest BCUT2D eigenvalue weighted by atomic mass is 16.2. The maximum atomic E-state index is 13.0. The van der Waals surface area contributed by atoms with Crippen molar-refractivity contribution in [2.75, 3.05) is 7.05 Å². The van der Waals surface area contributed by atoms with E-state index in [4.69, 9.17) is 0 Å². The number of hydrogen-bond acceptors (Lipinski definition) is 2. The fraction of sp³-hybridized carbons (Fsp3) is 0.250. The van der Waals surface area contributed by atoms with E-state index in [0.717, 1.165) is 12.8 Å². The van der Waals surface area contributed by atoms with Crippen molar-refractivity contribution in [1.29, 1.82) is 0 Å². The van der Waals surface area contributed by atoms with Crippen LogP contribution in [0, 0.1) is 13.8 Å². The molecule has 27 heavy (non-hydrogen) atoms. The van der Waals surface area contributed by atoms with E-state index in [2.05, 4.69) is 67.4 Å². The fourth-order valence-corrected chi connectivity index (χ4v) is 3.20. The summed E-state index contributed by atoms with van der Waals surface area (Å²) in [5.41, 5.74) is 5.59. The first kappa shape index (κ1) is 18.8. The van der Waals surface area contributed by atoms with Crippen LogP contribution in [0.5, 0.6) is 0 Å². The Hall–Kier alpha value is -2.94. The van der Waals surface area contributed by atoms with Gasteiger partial charge in [0.15, 0.2) is 0 Å². The first-order chi connectivity index (χ1) is 13.0. The molecule has 0 N–H and O–H groups in total. The number of aryl methyl sites for hydroxylation is 2. The molecular formula is C24H26N2O. The molecule has 3 aromatic rings. The lowest BCUT2D eigenvalue weighted by molar-refractivity contribution is 0.0730. The summed E-state index contributed by atoms with van der Waals surface area (Å²) in [5.74, 6) is 0.00678. The lowest BCUT2D eigenvalue weighted by atomic mass is 9.96. The van der Waals surface area contributed by atoms with E-state index in [9.17, 15) is 4.79 Å². The van der Waals surface area contributed by atoms with Crippen LogP contribution in [-0.4, -0.2) is 28.9 Å². The summed E-state index contributed by atoms with van der Waals surface area (Å²) in [7, 11) is 1.89. The predicted octanol–water partition coefficient (Wildman–Crippen LogP) is 4.62. The van der Waals surface area contributed by atoms with Crippen molar-refractivity contribution in [1.82, 2.24) is 9.88 Å². The molecule has 0 unspecified atom stereocenters. The molecule has 1 amide bonds. The minimum atomic E-state index is 0.00678. The van der Waals surface area contributed by atoms with Crippen LogP contribution in [0.2, 0.25) is 0 Å². The summed E-state index contributed by atoms with van der Waals surface area (Å²) in [5, 5.41) is 0. The highest BCUT2D eigenvalue weighted by Gasteiger charge is 2.22. The van der Waals surface area contributed by atoms with Crippen LogP contribution in [-0.2, 0) is 12.8 Å². The number of nitrogens with zero attached hydrogens (tertiary/aromatic N) is 2. The molecule has 3 heteroatoms. The van der Waals surface area contributed by atoms with Crippen LogP contribution < -0.4 is 0 Å². The molecule has 0 saturated carbocycles. The number of hydrogen-bond donors (Lipinski definition) is 0. The highest BCUT2D eigenvalue weighted by Crippen LogP contribution is 2.17. The quantitative estimate of drug-likeness (QED) is 0.644. The molecule has 138 valence electrons. The van der Waals surface area contributed by atoms with Gasteiger partial charge in [-0.1, -0.05) is 59.7 Å². The van der Waals surface area contributed by atoms with Gasteiger partial charge in [-0.15, -0.1) is 0 Å². The van der Waals surface area contributed by atoms with Crippen LogP contribution in [0.4, 0.5) is 0 Å². The van der Waals surface area contributed by atoms with Gasteiger partial charge in [0.25, 0.3) is 5.91 Å². The Labute approximate surface area is 161 Å². The summed E-state index contributed by atoms with van der Waals surface area (Å²) < 4.78 is 0. The molecule has 0 aliphatic rings. The Bertz CT molecular complexity index is 823. The zero-order chi connectivity index (χ0) is 19.2. The average molecular weight is 358 g/mol. The summed E-state index contributed by atoms with van der Waals surface area (Å²) in [6.45, 7) is 4.18. The minimum absolute atomic E-state index is 0.00678. The Kier molecular flexibility index (Phi) is 6.02. The summed E-state index contributed by atoms with van der Waals surface area (Å²) >= 11 is 0. The van der Waals surface area contributed by atoms with Gasteiger partial charge < -0.3 is 4.90 Å². The Balaban J connectivity index is 1.84. The second-order valence-electron chi connectivity index (χ2n) is 7.19. The third-order valence-electron chi connectivity index (χ3n) is 4.96. The van der Waals surface area contributed by atoms with Gasteiger partial charge >= 0.3 is 0 Å². The van der Waals surface area contributed by atoms with E-state index in [0.29, 0.717) is 5.56 Å². The van der Waals surface area contributed by atoms with Crippen molar-refractivity contribution in [2.24, 2.45) is 0 Å². The monoisotopic (exact) mass is 358 g/mol. The topological polar surface area (TPSA) is 33.2 Å². The Morgan fingerprint density at radius 3 is 1.85 bits per heavy atom. The summed E-state index contributed by atoms with van der Waals surface area (Å²) in [6.07, 6.45) is 4.95. The lowest BCUT2D eigenvalue weighted by Crippen LogP contribution is -2.40. The van der Waals surface area contributed by atoms with Gasteiger partial charge in [0.05, 0.1) is 5.56 Å². The van der Waals surface area contributed by atoms with Gasteiger partial charge in [-0.2, -0.15) is 0 Å². The molecule has 1 heterocycles. The van der Waals surface area contributed by atoms with Gasteiger partial charge in [-0.05, 0) is 49.9 Å². The van der Waals surface area contributed by atoms with Crippen LogP contribution in [0.1, 0.15) is 32.6 Å². The molecule has 0 bridgehead atoms.